The topological polar surface area (TPSA) is 95.6 Å². The van der Waals surface area contributed by atoms with Crippen LogP contribution in [-0.4, -0.2) is 44.3 Å². The number of amides is 2. The summed E-state index contributed by atoms with van der Waals surface area (Å²) in [7, 11) is -3.75. The Hall–Kier alpha value is -2.87. The number of sulfonamides is 1. The molecule has 2 N–H and O–H groups in total. The normalized spacial score (nSPS) is 15.0. The number of piperidine rings is 1. The van der Waals surface area contributed by atoms with Crippen LogP contribution in [0.1, 0.15) is 41.3 Å². The Bertz CT molecular complexity index is 1040. The number of rotatable bonds is 5. The Morgan fingerprint density at radius 3 is 2.17 bits per heavy atom. The highest BCUT2D eigenvalue weighted by Gasteiger charge is 2.22. The summed E-state index contributed by atoms with van der Waals surface area (Å²) in [5, 5.41) is 2.96. The summed E-state index contributed by atoms with van der Waals surface area (Å²) < 4.78 is 27.8. The van der Waals surface area contributed by atoms with Gasteiger partial charge in [-0.05, 0) is 74.2 Å². The molecule has 7 nitrogen and oxygen atoms in total. The fraction of sp³-hybridized carbons (Fsp3) is 0.364. The van der Waals surface area contributed by atoms with Crippen LogP contribution in [0.15, 0.2) is 47.4 Å². The van der Waals surface area contributed by atoms with E-state index in [0.29, 0.717) is 37.2 Å². The van der Waals surface area contributed by atoms with Crippen molar-refractivity contribution in [1.29, 1.82) is 0 Å². The van der Waals surface area contributed by atoms with Crippen LogP contribution in [0.25, 0.3) is 0 Å². The number of benzene rings is 2. The number of hydrogen-bond donors (Lipinski definition) is 2. The summed E-state index contributed by atoms with van der Waals surface area (Å²) >= 11 is 0. The van der Waals surface area contributed by atoms with Crippen LogP contribution in [-0.2, 0) is 14.8 Å². The van der Waals surface area contributed by atoms with E-state index >= 15 is 0 Å². The monoisotopic (exact) mass is 429 g/mol. The maximum atomic E-state index is 12.6. The smallest absolute Gasteiger partial charge is 0.261 e. The Morgan fingerprint density at radius 1 is 0.967 bits per heavy atom. The van der Waals surface area contributed by atoms with E-state index in [1.54, 1.807) is 24.0 Å². The highest BCUT2D eigenvalue weighted by molar-refractivity contribution is 7.92. The van der Waals surface area contributed by atoms with Gasteiger partial charge in [0.25, 0.3) is 15.9 Å². The number of anilines is 1. The average Bonchev–Trinajstić information content (AvgIpc) is 2.71. The molecule has 1 saturated heterocycles. The Labute approximate surface area is 177 Å². The van der Waals surface area contributed by atoms with Crippen molar-refractivity contribution in [2.24, 2.45) is 0 Å². The highest BCUT2D eigenvalue weighted by Crippen LogP contribution is 2.20. The summed E-state index contributed by atoms with van der Waals surface area (Å²) in [6, 6.07) is 11.2. The van der Waals surface area contributed by atoms with Crippen molar-refractivity contribution in [3.8, 4) is 0 Å². The lowest BCUT2D eigenvalue weighted by Gasteiger charge is -2.31. The molecule has 0 aliphatic carbocycles. The number of nitrogens with zero attached hydrogens (tertiary/aromatic N) is 1. The zero-order valence-corrected chi connectivity index (χ0v) is 18.3. The minimum Gasteiger partial charge on any atom is -0.349 e. The summed E-state index contributed by atoms with van der Waals surface area (Å²) in [4.78, 5) is 25.7. The number of nitrogens with one attached hydrogen (secondary N) is 2. The molecule has 3 rings (SSSR count). The third-order valence-electron chi connectivity index (χ3n) is 5.46. The molecule has 30 heavy (non-hydrogen) atoms. The maximum Gasteiger partial charge on any atom is 0.261 e. The summed E-state index contributed by atoms with van der Waals surface area (Å²) in [6.07, 6.45) is 1.41. The lowest BCUT2D eigenvalue weighted by atomic mass is 10.0. The molecule has 1 fully saturated rings. The van der Waals surface area contributed by atoms with Crippen molar-refractivity contribution in [2.75, 3.05) is 17.8 Å². The average molecular weight is 430 g/mol. The van der Waals surface area contributed by atoms with Gasteiger partial charge in [0.05, 0.1) is 4.90 Å². The molecule has 1 aliphatic heterocycles. The molecule has 2 aromatic carbocycles. The van der Waals surface area contributed by atoms with E-state index < -0.39 is 10.0 Å². The van der Waals surface area contributed by atoms with E-state index in [4.69, 9.17) is 0 Å². The van der Waals surface area contributed by atoms with Crippen LogP contribution in [0.3, 0.4) is 0 Å². The van der Waals surface area contributed by atoms with Crippen molar-refractivity contribution in [3.63, 3.8) is 0 Å². The zero-order valence-electron chi connectivity index (χ0n) is 17.4. The fourth-order valence-corrected chi connectivity index (χ4v) is 4.46. The molecule has 0 aromatic heterocycles. The van der Waals surface area contributed by atoms with Crippen molar-refractivity contribution >= 4 is 27.5 Å². The number of hydrogen-bond acceptors (Lipinski definition) is 4. The lowest BCUT2D eigenvalue weighted by Crippen LogP contribution is -2.46. The van der Waals surface area contributed by atoms with Crippen LogP contribution >= 0.6 is 0 Å². The molecular weight excluding hydrogens is 402 g/mol. The molecule has 2 amide bonds. The third kappa shape index (κ3) is 5.18. The quantitative estimate of drug-likeness (QED) is 0.764. The molecule has 0 bridgehead atoms. The second-order valence-corrected chi connectivity index (χ2v) is 9.37. The van der Waals surface area contributed by atoms with Gasteiger partial charge in [0.1, 0.15) is 0 Å². The first-order valence-corrected chi connectivity index (χ1v) is 11.4. The predicted molar refractivity (Wildman–Crippen MR) is 116 cm³/mol. The van der Waals surface area contributed by atoms with Crippen LogP contribution < -0.4 is 10.0 Å². The minimum atomic E-state index is -3.75. The van der Waals surface area contributed by atoms with Gasteiger partial charge < -0.3 is 10.2 Å². The van der Waals surface area contributed by atoms with Crippen molar-refractivity contribution < 1.29 is 18.0 Å². The first-order chi connectivity index (χ1) is 14.2. The number of carbonyl (C=O) groups excluding carboxylic acids is 2. The zero-order chi connectivity index (χ0) is 21.9. The standard InChI is InChI=1S/C22H27N3O4S/c1-15-4-7-20(14-16(15)2)24-30(28,29)21-8-5-18(6-9-21)22(27)23-19-10-12-25(13-11-19)17(3)26/h4-9,14,19,24H,10-13H2,1-3H3,(H,23,27). The summed E-state index contributed by atoms with van der Waals surface area (Å²) in [5.74, 6) is -0.201. The van der Waals surface area contributed by atoms with Gasteiger partial charge in [-0.2, -0.15) is 0 Å². The van der Waals surface area contributed by atoms with Gasteiger partial charge in [-0.1, -0.05) is 6.07 Å². The van der Waals surface area contributed by atoms with Crippen molar-refractivity contribution in [2.45, 2.75) is 44.6 Å². The number of aryl methyl sites for hydroxylation is 2. The molecule has 1 aliphatic rings. The van der Waals surface area contributed by atoms with E-state index in [0.717, 1.165) is 11.1 Å². The maximum absolute atomic E-state index is 12.6. The predicted octanol–water partition coefficient (Wildman–Crippen LogP) is 2.84. The van der Waals surface area contributed by atoms with Gasteiger partial charge in [-0.15, -0.1) is 0 Å². The molecule has 1 heterocycles. The lowest BCUT2D eigenvalue weighted by molar-refractivity contribution is -0.129. The third-order valence-corrected chi connectivity index (χ3v) is 6.86. The summed E-state index contributed by atoms with van der Waals surface area (Å²) in [6.45, 7) is 6.68. The molecule has 160 valence electrons. The van der Waals surface area contributed by atoms with Gasteiger partial charge in [0, 0.05) is 37.3 Å². The van der Waals surface area contributed by atoms with E-state index in [1.165, 1.54) is 24.3 Å². The van der Waals surface area contributed by atoms with E-state index in [-0.39, 0.29) is 22.8 Å². The second-order valence-electron chi connectivity index (χ2n) is 7.68. The second kappa shape index (κ2) is 8.87. The van der Waals surface area contributed by atoms with Gasteiger partial charge in [0.2, 0.25) is 5.91 Å². The molecule has 2 aromatic rings. The van der Waals surface area contributed by atoms with Crippen LogP contribution in [0, 0.1) is 13.8 Å². The number of likely N-dealkylation sites (tertiary alicyclic amines) is 1. The molecular formula is C22H27N3O4S. The fourth-order valence-electron chi connectivity index (χ4n) is 3.41. The highest BCUT2D eigenvalue weighted by atomic mass is 32.2. The van der Waals surface area contributed by atoms with Gasteiger partial charge >= 0.3 is 0 Å². The Balaban J connectivity index is 1.63. The Kier molecular flexibility index (Phi) is 6.45. The van der Waals surface area contributed by atoms with Gasteiger partial charge in [0.15, 0.2) is 0 Å². The minimum absolute atomic E-state index is 0.00273. The molecule has 0 saturated carbocycles. The molecule has 0 unspecified atom stereocenters. The number of carbonyl (C=O) groups is 2. The van der Waals surface area contributed by atoms with Crippen LogP contribution in [0.2, 0.25) is 0 Å². The van der Waals surface area contributed by atoms with Crippen LogP contribution in [0.4, 0.5) is 5.69 Å². The SMILES string of the molecule is CC(=O)N1CCC(NC(=O)c2ccc(S(=O)(=O)Nc3ccc(C)c(C)c3)cc2)CC1. The van der Waals surface area contributed by atoms with E-state index in [9.17, 15) is 18.0 Å². The molecule has 0 spiro atoms. The van der Waals surface area contributed by atoms with Crippen molar-refractivity contribution in [3.05, 3.63) is 59.2 Å². The van der Waals surface area contributed by atoms with Crippen LogP contribution in [0.5, 0.6) is 0 Å². The Morgan fingerprint density at radius 2 is 1.60 bits per heavy atom. The van der Waals surface area contributed by atoms with E-state index in [1.807, 2.05) is 19.9 Å². The van der Waals surface area contributed by atoms with Gasteiger partial charge in [-0.25, -0.2) is 8.42 Å². The first kappa shape index (κ1) is 21.8. The summed E-state index contributed by atoms with van der Waals surface area (Å²) in [5.41, 5.74) is 2.97. The first-order valence-electron chi connectivity index (χ1n) is 9.92. The largest absolute Gasteiger partial charge is 0.349 e. The van der Waals surface area contributed by atoms with E-state index in [2.05, 4.69) is 10.0 Å². The molecule has 0 atom stereocenters. The van der Waals surface area contributed by atoms with Crippen molar-refractivity contribution in [1.82, 2.24) is 10.2 Å². The molecule has 8 heteroatoms. The van der Waals surface area contributed by atoms with Gasteiger partial charge in [-0.3, -0.25) is 14.3 Å². The molecule has 0 radical (unpaired) electrons.